The van der Waals surface area contributed by atoms with Crippen molar-refractivity contribution in [2.75, 3.05) is 32.6 Å². The van der Waals surface area contributed by atoms with Crippen LogP contribution in [0.3, 0.4) is 0 Å². The first-order chi connectivity index (χ1) is 28.0. The minimum Gasteiger partial charge on any atom is -0.490 e. The van der Waals surface area contributed by atoms with E-state index in [0.717, 1.165) is 18.0 Å². The number of methoxy groups -OCH3 is 1. The number of amidine groups is 1. The van der Waals surface area contributed by atoms with E-state index in [1.807, 2.05) is 40.7 Å². The molecule has 4 N–H and O–H groups in total. The van der Waals surface area contributed by atoms with Crippen molar-refractivity contribution in [2.24, 2.45) is 28.2 Å². The predicted octanol–water partition coefficient (Wildman–Crippen LogP) is 5.49. The number of carboxylic acid groups (broad SMARTS) is 1. The largest absolute Gasteiger partial charge is 0.490 e. The molecule has 2 aromatic rings. The highest BCUT2D eigenvalue weighted by molar-refractivity contribution is 8.14. The van der Waals surface area contributed by atoms with Gasteiger partial charge in [-0.1, -0.05) is 50.2 Å². The second kappa shape index (κ2) is 17.0. The number of alkyl carbamates (subject to hydrolysis) is 1. The van der Waals surface area contributed by atoms with Crippen LogP contribution in [-0.4, -0.2) is 113 Å². The fraction of sp³-hybridized carbons (Fsp3) is 0.619. The highest BCUT2D eigenvalue weighted by Crippen LogP contribution is 2.52. The van der Waals surface area contributed by atoms with Gasteiger partial charge in [0.2, 0.25) is 11.8 Å². The number of nitrogens with zero attached hydrogens (tertiary/aromatic N) is 3. The zero-order valence-electron chi connectivity index (χ0n) is 34.4. The van der Waals surface area contributed by atoms with Gasteiger partial charge in [-0.3, -0.25) is 14.6 Å². The molecule has 1 saturated heterocycles. The maximum Gasteiger partial charge on any atom is 0.408 e. The summed E-state index contributed by atoms with van der Waals surface area (Å²) >= 11 is 8.56. The quantitative estimate of drug-likeness (QED) is 0.131. The second-order valence-electron chi connectivity index (χ2n) is 17.7. The molecule has 17 heteroatoms. The maximum absolute atomic E-state index is 14.7. The number of benzene rings is 1. The lowest BCUT2D eigenvalue weighted by Crippen LogP contribution is -2.59. The van der Waals surface area contributed by atoms with Crippen LogP contribution in [0, 0.1) is 23.2 Å². The van der Waals surface area contributed by atoms with Crippen LogP contribution in [0.1, 0.15) is 78.5 Å². The van der Waals surface area contributed by atoms with E-state index in [-0.39, 0.29) is 49.2 Å². The molecule has 0 radical (unpaired) electrons. The molecule has 3 aliphatic carbocycles. The molecule has 0 spiro atoms. The standard InChI is InChI=1S/C42H55ClN6O9S/c1-8-24-18-42(24,38(52)53)48-36(50)30-16-26(19-49(30)37(51)35(41(4,5)6)47-40(54)58-25-14-22-13-23(22)15-25)57-32-17-28(29-20-59-39(46-29)44-21(2)3)45-34-27(32)9-10-31(33(34)43)56-12-11-55-7/h8-10,17,21-26,29-30,35H,1,11-16,18-20H2,2-7H3,(H,44,46)(H,47,54)(H,48,50)(H,52,53)/t22-,23+,24-,25?,26-,29?,30+,35-,42-/m1/s1. The minimum atomic E-state index is -1.53. The number of likely N-dealkylation sites (tertiary alicyclic amines) is 1. The van der Waals surface area contributed by atoms with E-state index in [4.69, 9.17) is 40.5 Å². The molecule has 3 saturated carbocycles. The number of pyridine rings is 1. The summed E-state index contributed by atoms with van der Waals surface area (Å²) < 4.78 is 23.6. The molecule has 7 rings (SSSR count). The van der Waals surface area contributed by atoms with Crippen LogP contribution in [0.2, 0.25) is 5.02 Å². The average Bonchev–Trinajstić information content (AvgIpc) is 3.84. The van der Waals surface area contributed by atoms with E-state index in [2.05, 4.69) is 22.5 Å². The van der Waals surface area contributed by atoms with Gasteiger partial charge in [-0.25, -0.2) is 14.6 Å². The van der Waals surface area contributed by atoms with E-state index in [0.29, 0.717) is 52.3 Å². The Morgan fingerprint density at radius 2 is 1.85 bits per heavy atom. The van der Waals surface area contributed by atoms with Gasteiger partial charge in [0.05, 0.1) is 24.4 Å². The molecule has 59 heavy (non-hydrogen) atoms. The van der Waals surface area contributed by atoms with Gasteiger partial charge < -0.3 is 44.9 Å². The van der Waals surface area contributed by atoms with Crippen LogP contribution >= 0.6 is 23.4 Å². The molecule has 1 aromatic heterocycles. The predicted molar refractivity (Wildman–Crippen MR) is 224 cm³/mol. The Morgan fingerprint density at radius 3 is 2.49 bits per heavy atom. The molecule has 0 bridgehead atoms. The number of hydrogen-bond acceptors (Lipinski definition) is 12. The fourth-order valence-electron chi connectivity index (χ4n) is 8.44. The number of fused-ring (bicyclic) bond motifs is 2. The van der Waals surface area contributed by atoms with Crippen LogP contribution in [0.5, 0.6) is 11.5 Å². The molecule has 4 fully saturated rings. The summed E-state index contributed by atoms with van der Waals surface area (Å²) in [5.74, 6) is -0.145. The monoisotopic (exact) mass is 854 g/mol. The molecular weight excluding hydrogens is 800 g/mol. The van der Waals surface area contributed by atoms with E-state index in [1.165, 1.54) is 17.4 Å². The highest BCUT2D eigenvalue weighted by atomic mass is 35.5. The number of carbonyl (C=O) groups is 4. The number of nitrogens with one attached hydrogen (secondary N) is 3. The van der Waals surface area contributed by atoms with Gasteiger partial charge in [0.1, 0.15) is 59.0 Å². The molecule has 3 amide bonds. The molecule has 320 valence electrons. The third-order valence-corrected chi connectivity index (χ3v) is 13.2. The number of aliphatic carboxylic acids is 1. The molecule has 3 heterocycles. The summed E-state index contributed by atoms with van der Waals surface area (Å²) in [7, 11) is 1.58. The van der Waals surface area contributed by atoms with Gasteiger partial charge in [-0.05, 0) is 68.9 Å². The lowest BCUT2D eigenvalue weighted by atomic mass is 9.85. The van der Waals surface area contributed by atoms with Gasteiger partial charge in [-0.2, -0.15) is 0 Å². The molecule has 2 aliphatic heterocycles. The van der Waals surface area contributed by atoms with E-state index < -0.39 is 58.9 Å². The first kappa shape index (κ1) is 42.8. The van der Waals surface area contributed by atoms with Crippen LogP contribution in [-0.2, 0) is 23.9 Å². The minimum absolute atomic E-state index is 0.0309. The second-order valence-corrected chi connectivity index (χ2v) is 19.1. The summed E-state index contributed by atoms with van der Waals surface area (Å²) in [5.41, 5.74) is -1.28. The average molecular weight is 855 g/mol. The van der Waals surface area contributed by atoms with Gasteiger partial charge in [0, 0.05) is 42.7 Å². The van der Waals surface area contributed by atoms with Crippen molar-refractivity contribution in [3.8, 4) is 11.5 Å². The number of rotatable bonds is 15. The molecular formula is C42H55ClN6O9S. The number of halogens is 1. The third-order valence-electron chi connectivity index (χ3n) is 11.8. The highest BCUT2D eigenvalue weighted by Gasteiger charge is 2.61. The lowest BCUT2D eigenvalue weighted by Gasteiger charge is -2.35. The topological polar surface area (TPSA) is 190 Å². The number of hydrogen-bond donors (Lipinski definition) is 4. The van der Waals surface area contributed by atoms with Gasteiger partial charge in [0.15, 0.2) is 5.17 Å². The number of amides is 3. The molecule has 5 aliphatic rings. The zero-order chi connectivity index (χ0) is 42.4. The number of aliphatic imine (C=N–C) groups is 1. The van der Waals surface area contributed by atoms with E-state index in [9.17, 15) is 24.3 Å². The van der Waals surface area contributed by atoms with E-state index >= 15 is 0 Å². The zero-order valence-corrected chi connectivity index (χ0v) is 36.0. The molecule has 2 unspecified atom stereocenters. The molecule has 9 atom stereocenters. The van der Waals surface area contributed by atoms with Crippen LogP contribution in [0.4, 0.5) is 4.79 Å². The van der Waals surface area contributed by atoms with Crippen LogP contribution < -0.4 is 25.4 Å². The normalized spacial score (nSPS) is 28.7. The summed E-state index contributed by atoms with van der Waals surface area (Å²) in [6.45, 7) is 13.9. The summed E-state index contributed by atoms with van der Waals surface area (Å²) in [6, 6.07) is 3.01. The number of carbonyl (C=O) groups excluding carboxylic acids is 3. The van der Waals surface area contributed by atoms with Crippen molar-refractivity contribution < 1.29 is 43.2 Å². The molecule has 15 nitrogen and oxygen atoms in total. The number of aromatic nitrogens is 1. The van der Waals surface area contributed by atoms with Crippen LogP contribution in [0.15, 0.2) is 35.8 Å². The Balaban J connectivity index is 1.20. The first-order valence-corrected chi connectivity index (χ1v) is 21.7. The van der Waals surface area contributed by atoms with Gasteiger partial charge in [0.25, 0.3) is 0 Å². The van der Waals surface area contributed by atoms with Crippen molar-refractivity contribution in [3.63, 3.8) is 0 Å². The summed E-state index contributed by atoms with van der Waals surface area (Å²) in [6.07, 6.45) is 2.90. The molecule has 1 aromatic carbocycles. The van der Waals surface area contributed by atoms with Gasteiger partial charge >= 0.3 is 12.1 Å². The smallest absolute Gasteiger partial charge is 0.408 e. The van der Waals surface area contributed by atoms with Crippen molar-refractivity contribution in [1.82, 2.24) is 25.8 Å². The Bertz CT molecular complexity index is 2020. The lowest BCUT2D eigenvalue weighted by molar-refractivity contribution is -0.146. The number of carboxylic acids is 1. The van der Waals surface area contributed by atoms with Crippen molar-refractivity contribution in [1.29, 1.82) is 0 Å². The SMILES string of the molecule is C=C[C@@H]1C[C@]1(NC(=O)[C@@H]1C[C@@H](Oc2cc(C3CSC(NC(C)C)=N3)nc3c(Cl)c(OCCOC)ccc23)CN1C(=O)[C@@H](NC(=O)OC1C[C@@H]2C[C@@H]2C1)C(C)(C)C)C(=O)O. The number of ether oxygens (including phenoxy) is 4. The summed E-state index contributed by atoms with van der Waals surface area (Å²) in [4.78, 5) is 65.9. The number of thioether (sulfide) groups is 1. The van der Waals surface area contributed by atoms with Crippen LogP contribution in [0.25, 0.3) is 10.9 Å². The van der Waals surface area contributed by atoms with Crippen molar-refractivity contribution in [3.05, 3.63) is 41.6 Å². The Kier molecular flexibility index (Phi) is 12.3. The Morgan fingerprint density at radius 1 is 1.10 bits per heavy atom. The maximum atomic E-state index is 14.7. The summed E-state index contributed by atoms with van der Waals surface area (Å²) in [5, 5.41) is 20.7. The van der Waals surface area contributed by atoms with Crippen molar-refractivity contribution in [2.45, 2.75) is 109 Å². The van der Waals surface area contributed by atoms with Crippen molar-refractivity contribution >= 4 is 63.3 Å². The van der Waals surface area contributed by atoms with E-state index in [1.54, 1.807) is 31.0 Å². The third kappa shape index (κ3) is 9.24. The Hall–Kier alpha value is -4.28. The van der Waals surface area contributed by atoms with Gasteiger partial charge in [-0.15, -0.1) is 6.58 Å². The fourth-order valence-corrected chi connectivity index (χ4v) is 9.78. The Labute approximate surface area is 353 Å². The first-order valence-electron chi connectivity index (χ1n) is 20.4.